The topological polar surface area (TPSA) is 102 Å². The fourth-order valence-corrected chi connectivity index (χ4v) is 3.20. The van der Waals surface area contributed by atoms with Crippen LogP contribution in [0.3, 0.4) is 0 Å². The van der Waals surface area contributed by atoms with E-state index in [1.165, 1.54) is 24.4 Å². The van der Waals surface area contributed by atoms with Crippen LogP contribution in [0.15, 0.2) is 48.8 Å². The number of hydrogen-bond acceptors (Lipinski definition) is 6. The Hall–Kier alpha value is -3.59. The Kier molecular flexibility index (Phi) is 5.53. The van der Waals surface area contributed by atoms with E-state index in [0.29, 0.717) is 18.0 Å². The van der Waals surface area contributed by atoms with Crippen molar-refractivity contribution >= 4 is 17.3 Å². The number of halogens is 2. The number of nitrogens with zero attached hydrogens (tertiary/aromatic N) is 2. The predicted molar refractivity (Wildman–Crippen MR) is 108 cm³/mol. The average molecular weight is 411 g/mol. The molecule has 1 unspecified atom stereocenters. The maximum absolute atomic E-state index is 14.1. The van der Waals surface area contributed by atoms with Gasteiger partial charge in [0.25, 0.3) is 5.91 Å². The first-order valence-corrected chi connectivity index (χ1v) is 9.36. The van der Waals surface area contributed by atoms with E-state index in [2.05, 4.69) is 20.6 Å². The fourth-order valence-electron chi connectivity index (χ4n) is 3.20. The predicted octanol–water partition coefficient (Wildman–Crippen LogP) is 3.00. The summed E-state index contributed by atoms with van der Waals surface area (Å²) in [6.07, 6.45) is 3.84. The highest BCUT2D eigenvalue weighted by molar-refractivity contribution is 6.07. The van der Waals surface area contributed by atoms with Gasteiger partial charge in [0.05, 0.1) is 23.1 Å². The summed E-state index contributed by atoms with van der Waals surface area (Å²) < 4.78 is 34.2. The molecule has 3 heterocycles. The maximum atomic E-state index is 14.1. The third-order valence-corrected chi connectivity index (χ3v) is 4.70. The Morgan fingerprint density at radius 1 is 1.20 bits per heavy atom. The van der Waals surface area contributed by atoms with Gasteiger partial charge in [-0.1, -0.05) is 6.07 Å². The van der Waals surface area contributed by atoms with E-state index in [1.54, 1.807) is 12.3 Å². The van der Waals surface area contributed by atoms with Crippen molar-refractivity contribution in [1.29, 1.82) is 0 Å². The number of nitrogens with two attached hydrogens (primary N) is 1. The number of rotatable bonds is 5. The van der Waals surface area contributed by atoms with Gasteiger partial charge in [0.1, 0.15) is 29.2 Å². The van der Waals surface area contributed by atoms with Crippen molar-refractivity contribution < 1.29 is 18.3 Å². The smallest absolute Gasteiger partial charge is 0.276 e. The molecule has 1 aromatic carbocycles. The number of carbonyl (C=O) groups excluding carboxylic acids is 1. The number of hydrogen-bond donors (Lipinski definition) is 3. The van der Waals surface area contributed by atoms with Crippen molar-refractivity contribution in [3.8, 4) is 17.0 Å². The summed E-state index contributed by atoms with van der Waals surface area (Å²) in [4.78, 5) is 21.0. The van der Waals surface area contributed by atoms with Gasteiger partial charge in [0.2, 0.25) is 0 Å². The van der Waals surface area contributed by atoms with Gasteiger partial charge in [0, 0.05) is 18.8 Å². The van der Waals surface area contributed by atoms with Crippen molar-refractivity contribution in [2.75, 3.05) is 24.1 Å². The molecule has 154 valence electrons. The second-order valence-electron chi connectivity index (χ2n) is 6.79. The van der Waals surface area contributed by atoms with Crippen LogP contribution in [-0.2, 0) is 0 Å². The summed E-state index contributed by atoms with van der Waals surface area (Å²) in [7, 11) is 0. The van der Waals surface area contributed by atoms with Gasteiger partial charge in [-0.25, -0.2) is 13.8 Å². The minimum atomic E-state index is -0.785. The lowest BCUT2D eigenvalue weighted by atomic mass is 10.1. The lowest BCUT2D eigenvalue weighted by molar-refractivity contribution is 0.102. The zero-order valence-corrected chi connectivity index (χ0v) is 15.9. The van der Waals surface area contributed by atoms with Crippen LogP contribution >= 0.6 is 0 Å². The highest BCUT2D eigenvalue weighted by Gasteiger charge is 2.21. The first kappa shape index (κ1) is 19.7. The summed E-state index contributed by atoms with van der Waals surface area (Å²) >= 11 is 0. The molecular weight excluding hydrogens is 392 g/mol. The van der Waals surface area contributed by atoms with E-state index in [1.807, 2.05) is 0 Å². The van der Waals surface area contributed by atoms with E-state index in [-0.39, 0.29) is 28.7 Å². The van der Waals surface area contributed by atoms with Gasteiger partial charge >= 0.3 is 0 Å². The number of ether oxygens (including phenoxy) is 1. The van der Waals surface area contributed by atoms with Crippen LogP contribution in [0.5, 0.6) is 5.75 Å². The first-order chi connectivity index (χ1) is 14.5. The molecule has 0 spiro atoms. The largest absolute Gasteiger partial charge is 0.487 e. The van der Waals surface area contributed by atoms with Crippen molar-refractivity contribution in [3.05, 3.63) is 66.1 Å². The quantitative estimate of drug-likeness (QED) is 0.597. The third kappa shape index (κ3) is 4.06. The molecule has 0 radical (unpaired) electrons. The van der Waals surface area contributed by atoms with Crippen LogP contribution in [0.2, 0.25) is 0 Å². The minimum Gasteiger partial charge on any atom is -0.487 e. The normalized spacial score (nSPS) is 15.7. The molecule has 3 aromatic rings. The summed E-state index contributed by atoms with van der Waals surface area (Å²) in [6, 6.07) is 7.88. The Bertz CT molecular complexity index is 1070. The van der Waals surface area contributed by atoms with Gasteiger partial charge < -0.3 is 21.1 Å². The Morgan fingerprint density at radius 2 is 2.00 bits per heavy atom. The number of anilines is 2. The van der Waals surface area contributed by atoms with Crippen molar-refractivity contribution in [2.24, 2.45) is 0 Å². The molecule has 7 nitrogen and oxygen atoms in total. The summed E-state index contributed by atoms with van der Waals surface area (Å²) in [5, 5.41) is 5.87. The van der Waals surface area contributed by atoms with Crippen LogP contribution in [0.4, 0.5) is 20.2 Å². The molecule has 1 fully saturated rings. The second-order valence-corrected chi connectivity index (χ2v) is 6.79. The average Bonchev–Trinajstić information content (AvgIpc) is 3.23. The molecule has 0 bridgehead atoms. The van der Waals surface area contributed by atoms with Crippen LogP contribution in [0.1, 0.15) is 16.9 Å². The Morgan fingerprint density at radius 3 is 2.73 bits per heavy atom. The molecule has 0 aliphatic carbocycles. The number of benzene rings is 1. The summed E-state index contributed by atoms with van der Waals surface area (Å²) in [6.45, 7) is 1.57. The van der Waals surface area contributed by atoms with Gasteiger partial charge in [-0.2, -0.15) is 0 Å². The number of amides is 1. The number of pyridine rings is 2. The number of nitrogens with one attached hydrogen (secondary N) is 2. The van der Waals surface area contributed by atoms with Gasteiger partial charge in [0.15, 0.2) is 5.69 Å². The number of aromatic nitrogens is 2. The van der Waals surface area contributed by atoms with E-state index < -0.39 is 17.5 Å². The molecule has 1 aliphatic heterocycles. The van der Waals surface area contributed by atoms with E-state index >= 15 is 0 Å². The molecule has 9 heteroatoms. The van der Waals surface area contributed by atoms with Crippen molar-refractivity contribution in [2.45, 2.75) is 12.5 Å². The molecule has 4 N–H and O–H groups in total. The van der Waals surface area contributed by atoms with Crippen molar-refractivity contribution in [3.63, 3.8) is 0 Å². The highest BCUT2D eigenvalue weighted by atomic mass is 19.1. The molecule has 2 aromatic heterocycles. The van der Waals surface area contributed by atoms with Gasteiger partial charge in [-0.05, 0) is 37.2 Å². The SMILES string of the molecule is Nc1ccc(-c2c(F)cccc2F)nc1C(=O)Nc1cnccc1OC1CCNC1. The Balaban J connectivity index is 1.62. The fraction of sp³-hybridized carbons (Fsp3) is 0.190. The molecule has 1 amide bonds. The minimum absolute atomic E-state index is 0.0152. The van der Waals surface area contributed by atoms with E-state index in [9.17, 15) is 13.6 Å². The number of carbonyl (C=O) groups is 1. The molecule has 4 rings (SSSR count). The summed E-state index contributed by atoms with van der Waals surface area (Å²) in [5.41, 5.74) is 5.79. The zero-order valence-electron chi connectivity index (χ0n) is 15.9. The van der Waals surface area contributed by atoms with Crippen LogP contribution < -0.4 is 21.1 Å². The van der Waals surface area contributed by atoms with Crippen LogP contribution in [-0.4, -0.2) is 35.1 Å². The van der Waals surface area contributed by atoms with Crippen LogP contribution in [0.25, 0.3) is 11.3 Å². The number of nitrogen functional groups attached to an aromatic ring is 1. The maximum Gasteiger partial charge on any atom is 0.276 e. The molecule has 1 aliphatic rings. The lowest BCUT2D eigenvalue weighted by Gasteiger charge is -2.16. The highest BCUT2D eigenvalue weighted by Crippen LogP contribution is 2.28. The second kappa shape index (κ2) is 8.42. The zero-order chi connectivity index (χ0) is 21.1. The monoisotopic (exact) mass is 411 g/mol. The van der Waals surface area contributed by atoms with Crippen molar-refractivity contribution in [1.82, 2.24) is 15.3 Å². The van der Waals surface area contributed by atoms with Crippen LogP contribution in [0, 0.1) is 11.6 Å². The lowest BCUT2D eigenvalue weighted by Crippen LogP contribution is -2.21. The molecular formula is C21H19F2N5O2. The molecule has 1 saturated heterocycles. The third-order valence-electron chi connectivity index (χ3n) is 4.70. The standard InChI is InChI=1S/C21H19F2N5O2/c22-13-2-1-3-14(23)19(13)16-5-4-15(24)20(27-16)21(29)28-17-11-26-9-7-18(17)30-12-6-8-25-10-12/h1-5,7,9,11-12,25H,6,8,10,24H2,(H,28,29). The van der Waals surface area contributed by atoms with Gasteiger partial charge in [-0.15, -0.1) is 0 Å². The Labute approximate surface area is 171 Å². The van der Waals surface area contributed by atoms with Gasteiger partial charge in [-0.3, -0.25) is 9.78 Å². The summed E-state index contributed by atoms with van der Waals surface area (Å²) in [5.74, 6) is -1.76. The molecule has 0 saturated carbocycles. The first-order valence-electron chi connectivity index (χ1n) is 9.36. The molecule has 30 heavy (non-hydrogen) atoms. The van der Waals surface area contributed by atoms with E-state index in [0.717, 1.165) is 25.1 Å². The molecule has 1 atom stereocenters. The van der Waals surface area contributed by atoms with E-state index in [4.69, 9.17) is 10.5 Å².